The maximum Gasteiger partial charge on any atom is 0.417 e. The van der Waals surface area contributed by atoms with E-state index in [2.05, 4.69) is 21.9 Å². The van der Waals surface area contributed by atoms with Gasteiger partial charge < -0.3 is 8.85 Å². The molecule has 0 heterocycles. The van der Waals surface area contributed by atoms with E-state index in [1.54, 1.807) is 20.3 Å². The van der Waals surface area contributed by atoms with Crippen LogP contribution in [0.15, 0.2) is 12.7 Å². The van der Waals surface area contributed by atoms with Gasteiger partial charge in [0.15, 0.2) is 0 Å². The Kier molecular flexibility index (Phi) is 4.38. The second-order valence-corrected chi connectivity index (χ2v) is 7.73. The van der Waals surface area contributed by atoms with Gasteiger partial charge in [0.2, 0.25) is 0 Å². The Morgan fingerprint density at radius 3 is 2.11 bits per heavy atom. The molecule has 0 aromatic heterocycles. The van der Waals surface area contributed by atoms with Crippen molar-refractivity contribution in [1.29, 1.82) is 0 Å². The highest BCUT2D eigenvalue weighted by Gasteiger charge is 2.29. The predicted octanol–water partition coefficient (Wildman–Crippen LogP) is 1.80. The molecule has 0 aliphatic carbocycles. The molecular weight excluding hydrogens is 200 g/mol. The van der Waals surface area contributed by atoms with Crippen molar-refractivity contribution in [3.8, 4) is 0 Å². The molecular formula is C5H11BrO2Si. The van der Waals surface area contributed by atoms with E-state index in [0.717, 1.165) is 6.04 Å². The van der Waals surface area contributed by atoms with Crippen LogP contribution in [0, 0.1) is 0 Å². The molecule has 0 unspecified atom stereocenters. The van der Waals surface area contributed by atoms with E-state index in [0.29, 0.717) is 0 Å². The summed E-state index contributed by atoms with van der Waals surface area (Å²) in [6, 6.07) is 0.764. The molecule has 0 aromatic rings. The van der Waals surface area contributed by atoms with Crippen LogP contribution in [0.5, 0.6) is 0 Å². The Balaban J connectivity index is 3.75. The Bertz CT molecular complexity index is 93.0. The number of hydrogen-bond acceptors (Lipinski definition) is 2. The van der Waals surface area contributed by atoms with Crippen LogP contribution in [0.2, 0.25) is 6.04 Å². The Hall–Kier alpha value is 0.357. The molecule has 0 spiro atoms. The van der Waals surface area contributed by atoms with Crippen molar-refractivity contribution >= 4 is 22.5 Å². The van der Waals surface area contributed by atoms with E-state index in [4.69, 9.17) is 8.85 Å². The zero-order valence-corrected chi connectivity index (χ0v) is 8.27. The van der Waals surface area contributed by atoms with Crippen molar-refractivity contribution in [2.24, 2.45) is 0 Å². The van der Waals surface area contributed by atoms with E-state index < -0.39 is 7.18 Å². The maximum absolute atomic E-state index is 5.09. The highest BCUT2D eigenvalue weighted by molar-refractivity contribution is 9.25. The average Bonchev–Trinajstić information content (AvgIpc) is 1.89. The zero-order chi connectivity index (χ0) is 7.33. The summed E-state index contributed by atoms with van der Waals surface area (Å²) >= 11 is 3.37. The van der Waals surface area contributed by atoms with Gasteiger partial charge >= 0.3 is 7.18 Å². The van der Waals surface area contributed by atoms with Crippen LogP contribution in [-0.2, 0) is 8.85 Å². The Labute approximate surface area is 64.7 Å². The fraction of sp³-hybridized carbons (Fsp3) is 0.600. The van der Waals surface area contributed by atoms with Gasteiger partial charge in [0.05, 0.1) is 0 Å². The van der Waals surface area contributed by atoms with E-state index in [1.165, 1.54) is 0 Å². The van der Waals surface area contributed by atoms with E-state index in [-0.39, 0.29) is 0 Å². The molecule has 0 aliphatic rings. The summed E-state index contributed by atoms with van der Waals surface area (Å²) in [5.41, 5.74) is 0. The number of hydrogen-bond donors (Lipinski definition) is 0. The molecule has 0 fully saturated rings. The van der Waals surface area contributed by atoms with E-state index in [1.807, 2.05) is 0 Å². The quantitative estimate of drug-likeness (QED) is 0.401. The first kappa shape index (κ1) is 9.36. The molecule has 0 N–H and O–H groups in total. The molecule has 9 heavy (non-hydrogen) atoms. The summed E-state index contributed by atoms with van der Waals surface area (Å²) in [5, 5.41) is 0. The second kappa shape index (κ2) is 4.22. The minimum atomic E-state index is -2.00. The third kappa shape index (κ3) is 3.15. The van der Waals surface area contributed by atoms with Crippen molar-refractivity contribution in [1.82, 2.24) is 0 Å². The highest BCUT2D eigenvalue weighted by atomic mass is 79.9. The molecule has 54 valence electrons. The molecule has 2 nitrogen and oxygen atoms in total. The largest absolute Gasteiger partial charge is 0.417 e. The third-order valence-electron chi connectivity index (χ3n) is 0.998. The fourth-order valence-corrected chi connectivity index (χ4v) is 1.95. The summed E-state index contributed by atoms with van der Waals surface area (Å²) < 4.78 is 10.2. The maximum atomic E-state index is 5.09. The van der Waals surface area contributed by atoms with Gasteiger partial charge in [-0.15, -0.1) is 6.58 Å². The van der Waals surface area contributed by atoms with Gasteiger partial charge in [-0.2, -0.15) is 0 Å². The van der Waals surface area contributed by atoms with Crippen molar-refractivity contribution in [2.45, 2.75) is 6.04 Å². The Morgan fingerprint density at radius 1 is 1.56 bits per heavy atom. The smallest absolute Gasteiger partial charge is 0.390 e. The van der Waals surface area contributed by atoms with Gasteiger partial charge in [-0.25, -0.2) is 0 Å². The van der Waals surface area contributed by atoms with Gasteiger partial charge in [0.1, 0.15) is 0 Å². The van der Waals surface area contributed by atoms with Crippen LogP contribution >= 0.6 is 15.3 Å². The highest BCUT2D eigenvalue weighted by Crippen LogP contribution is 2.18. The molecule has 0 amide bonds. The topological polar surface area (TPSA) is 18.5 Å². The minimum absolute atomic E-state index is 0.764. The summed E-state index contributed by atoms with van der Waals surface area (Å²) in [7, 11) is 1.26. The molecule has 0 saturated heterocycles. The van der Waals surface area contributed by atoms with Crippen molar-refractivity contribution in [2.75, 3.05) is 14.2 Å². The molecule has 0 bridgehead atoms. The lowest BCUT2D eigenvalue weighted by molar-refractivity contribution is 0.273. The molecule has 0 saturated carbocycles. The third-order valence-corrected chi connectivity index (χ3v) is 5.91. The number of rotatable bonds is 4. The number of halogens is 1. The van der Waals surface area contributed by atoms with Crippen LogP contribution in [0.1, 0.15) is 0 Å². The summed E-state index contributed by atoms with van der Waals surface area (Å²) in [5.74, 6) is 0. The summed E-state index contributed by atoms with van der Waals surface area (Å²) in [4.78, 5) is 0. The van der Waals surface area contributed by atoms with Crippen LogP contribution in [0.25, 0.3) is 0 Å². The average molecular weight is 211 g/mol. The molecule has 0 aromatic carbocycles. The number of allylic oxidation sites excluding steroid dienone is 1. The van der Waals surface area contributed by atoms with Gasteiger partial charge in [0, 0.05) is 20.3 Å². The SMILES string of the molecule is C=CC[Si](Br)(OC)OC. The van der Waals surface area contributed by atoms with E-state index in [9.17, 15) is 0 Å². The molecule has 0 aliphatic heterocycles. The zero-order valence-electron chi connectivity index (χ0n) is 5.69. The molecule has 4 heteroatoms. The molecule has 0 rings (SSSR count). The Morgan fingerprint density at radius 2 is 2.00 bits per heavy atom. The summed E-state index contributed by atoms with van der Waals surface area (Å²) in [6.45, 7) is 3.59. The lowest BCUT2D eigenvalue weighted by atomic mass is 10.8. The van der Waals surface area contributed by atoms with Gasteiger partial charge in [-0.1, -0.05) is 21.4 Å². The fourth-order valence-electron chi connectivity index (χ4n) is 0.422. The monoisotopic (exact) mass is 210 g/mol. The van der Waals surface area contributed by atoms with Gasteiger partial charge in [-0.3, -0.25) is 0 Å². The van der Waals surface area contributed by atoms with Gasteiger partial charge in [-0.05, 0) is 0 Å². The second-order valence-electron chi connectivity index (χ2n) is 1.56. The molecule has 0 atom stereocenters. The summed E-state index contributed by atoms with van der Waals surface area (Å²) in [6.07, 6.45) is 1.79. The lowest BCUT2D eigenvalue weighted by Gasteiger charge is -2.17. The van der Waals surface area contributed by atoms with Gasteiger partial charge in [0.25, 0.3) is 0 Å². The van der Waals surface area contributed by atoms with Crippen LogP contribution in [-0.4, -0.2) is 21.4 Å². The molecule has 0 radical (unpaired) electrons. The first-order chi connectivity index (χ1) is 4.18. The first-order valence-corrected chi connectivity index (χ1v) is 6.86. The predicted molar refractivity (Wildman–Crippen MR) is 43.7 cm³/mol. The minimum Gasteiger partial charge on any atom is -0.390 e. The normalized spacial score (nSPS) is 11.4. The van der Waals surface area contributed by atoms with Crippen molar-refractivity contribution in [3.63, 3.8) is 0 Å². The van der Waals surface area contributed by atoms with Crippen LogP contribution < -0.4 is 0 Å². The standard InChI is InChI=1S/C5H11BrO2Si/c1-4-5-9(6,7-2)8-3/h4H,1,5H2,2-3H3. The van der Waals surface area contributed by atoms with Crippen molar-refractivity contribution < 1.29 is 8.85 Å². The first-order valence-electron chi connectivity index (χ1n) is 2.58. The van der Waals surface area contributed by atoms with Crippen LogP contribution in [0.4, 0.5) is 0 Å². The lowest BCUT2D eigenvalue weighted by Crippen LogP contribution is -2.31. The van der Waals surface area contributed by atoms with Crippen molar-refractivity contribution in [3.05, 3.63) is 12.7 Å². The van der Waals surface area contributed by atoms with E-state index >= 15 is 0 Å². The van der Waals surface area contributed by atoms with Crippen LogP contribution in [0.3, 0.4) is 0 Å².